The molecule has 2 amide bonds. The average Bonchev–Trinajstić information content (AvgIpc) is 2.73. The summed E-state index contributed by atoms with van der Waals surface area (Å²) in [6.07, 6.45) is 0. The van der Waals surface area contributed by atoms with Gasteiger partial charge in [0.2, 0.25) is 0 Å². The normalized spacial score (nSPS) is 10.0. The van der Waals surface area contributed by atoms with Crippen LogP contribution in [0.2, 0.25) is 0 Å². The maximum absolute atomic E-state index is 12.9. The Hall–Kier alpha value is -4.05. The van der Waals surface area contributed by atoms with Gasteiger partial charge in [0.15, 0.2) is 0 Å². The van der Waals surface area contributed by atoms with Crippen LogP contribution in [0.5, 0.6) is 0 Å². The number of amides is 2. The zero-order valence-corrected chi connectivity index (χ0v) is 14.6. The molecule has 0 aliphatic rings. The minimum Gasteiger partial charge on any atom is -0.347 e. The number of anilines is 1. The Balaban J connectivity index is 1.66. The molecule has 138 valence electrons. The first-order valence-electron chi connectivity index (χ1n) is 8.36. The van der Waals surface area contributed by atoms with E-state index in [1.165, 1.54) is 30.3 Å². The number of aromatic nitrogens is 1. The summed E-state index contributed by atoms with van der Waals surface area (Å²) in [4.78, 5) is 28.8. The molecule has 0 saturated carbocycles. The summed E-state index contributed by atoms with van der Waals surface area (Å²) in [5, 5.41) is 14.2. The molecule has 7 heteroatoms. The third-order valence-corrected chi connectivity index (χ3v) is 3.83. The Labute approximate surface area is 160 Å². The van der Waals surface area contributed by atoms with E-state index in [2.05, 4.69) is 15.6 Å². The van der Waals surface area contributed by atoms with Gasteiger partial charge in [-0.1, -0.05) is 24.3 Å². The van der Waals surface area contributed by atoms with Gasteiger partial charge in [-0.2, -0.15) is 5.26 Å². The van der Waals surface area contributed by atoms with Crippen LogP contribution in [0.3, 0.4) is 0 Å². The van der Waals surface area contributed by atoms with Crippen LogP contribution in [0, 0.1) is 17.1 Å². The monoisotopic (exact) mass is 374 g/mol. The number of carbonyl (C=O) groups is 2. The summed E-state index contributed by atoms with van der Waals surface area (Å²) < 4.78 is 12.9. The van der Waals surface area contributed by atoms with Crippen molar-refractivity contribution in [2.45, 2.75) is 6.54 Å². The molecular weight excluding hydrogens is 359 g/mol. The van der Waals surface area contributed by atoms with Crippen LogP contribution < -0.4 is 10.6 Å². The fourth-order valence-electron chi connectivity index (χ4n) is 2.42. The minimum absolute atomic E-state index is 0.0665. The van der Waals surface area contributed by atoms with E-state index in [9.17, 15) is 14.0 Å². The van der Waals surface area contributed by atoms with Crippen LogP contribution >= 0.6 is 0 Å². The van der Waals surface area contributed by atoms with Crippen molar-refractivity contribution in [2.75, 3.05) is 5.32 Å². The van der Waals surface area contributed by atoms with Crippen molar-refractivity contribution in [3.05, 3.63) is 95.1 Å². The highest BCUT2D eigenvalue weighted by Crippen LogP contribution is 2.11. The van der Waals surface area contributed by atoms with E-state index in [1.807, 2.05) is 6.07 Å². The van der Waals surface area contributed by atoms with E-state index in [0.717, 1.165) is 5.56 Å². The highest BCUT2D eigenvalue weighted by Gasteiger charge is 2.13. The largest absolute Gasteiger partial charge is 0.347 e. The number of hydrogen-bond acceptors (Lipinski definition) is 4. The van der Waals surface area contributed by atoms with Gasteiger partial charge in [0.25, 0.3) is 11.8 Å². The van der Waals surface area contributed by atoms with E-state index in [-0.39, 0.29) is 23.7 Å². The van der Waals surface area contributed by atoms with E-state index >= 15 is 0 Å². The molecule has 28 heavy (non-hydrogen) atoms. The highest BCUT2D eigenvalue weighted by molar-refractivity contribution is 6.03. The van der Waals surface area contributed by atoms with Gasteiger partial charge >= 0.3 is 0 Å². The molecule has 0 radical (unpaired) electrons. The van der Waals surface area contributed by atoms with E-state index in [0.29, 0.717) is 11.3 Å². The van der Waals surface area contributed by atoms with Gasteiger partial charge in [0.05, 0.1) is 11.6 Å². The van der Waals surface area contributed by atoms with E-state index < -0.39 is 11.8 Å². The van der Waals surface area contributed by atoms with Crippen LogP contribution in [-0.2, 0) is 6.54 Å². The summed E-state index contributed by atoms with van der Waals surface area (Å²) in [6.45, 7) is 0.207. The first-order chi connectivity index (χ1) is 13.5. The Morgan fingerprint density at radius 1 is 0.964 bits per heavy atom. The first kappa shape index (κ1) is 18.7. The third kappa shape index (κ3) is 4.77. The lowest BCUT2D eigenvalue weighted by Gasteiger charge is -2.08. The quantitative estimate of drug-likeness (QED) is 0.716. The number of benzene rings is 2. The second-order valence-electron chi connectivity index (χ2n) is 5.86. The molecule has 2 aromatic carbocycles. The van der Waals surface area contributed by atoms with E-state index in [4.69, 9.17) is 5.26 Å². The Kier molecular flexibility index (Phi) is 5.72. The van der Waals surface area contributed by atoms with Gasteiger partial charge in [0.1, 0.15) is 17.2 Å². The van der Waals surface area contributed by atoms with Crippen LogP contribution in [0.1, 0.15) is 32.1 Å². The third-order valence-electron chi connectivity index (χ3n) is 3.83. The van der Waals surface area contributed by atoms with Gasteiger partial charge < -0.3 is 10.6 Å². The molecule has 0 atom stereocenters. The van der Waals surface area contributed by atoms with Gasteiger partial charge in [-0.15, -0.1) is 0 Å². The SMILES string of the molecule is N#Cc1cccc(NC(=O)c2cccc(C(=O)NCc3ccc(F)cc3)n2)c1. The molecule has 1 heterocycles. The number of hydrogen-bond donors (Lipinski definition) is 2. The molecule has 0 spiro atoms. The molecule has 3 aromatic rings. The van der Waals surface area contributed by atoms with Crippen LogP contribution in [0.25, 0.3) is 0 Å². The van der Waals surface area contributed by atoms with Crippen molar-refractivity contribution in [2.24, 2.45) is 0 Å². The summed E-state index contributed by atoms with van der Waals surface area (Å²) in [7, 11) is 0. The van der Waals surface area contributed by atoms with Crippen LogP contribution in [0.15, 0.2) is 66.7 Å². The van der Waals surface area contributed by atoms with E-state index in [1.54, 1.807) is 36.4 Å². The number of halogens is 1. The van der Waals surface area contributed by atoms with Crippen molar-refractivity contribution < 1.29 is 14.0 Å². The lowest BCUT2D eigenvalue weighted by Crippen LogP contribution is -2.25. The molecule has 3 rings (SSSR count). The van der Waals surface area contributed by atoms with Crippen molar-refractivity contribution in [1.82, 2.24) is 10.3 Å². The van der Waals surface area contributed by atoms with Crippen LogP contribution in [-0.4, -0.2) is 16.8 Å². The number of rotatable bonds is 5. The van der Waals surface area contributed by atoms with Crippen molar-refractivity contribution >= 4 is 17.5 Å². The summed E-state index contributed by atoms with van der Waals surface area (Å²) in [5.41, 5.74) is 1.76. The molecule has 1 aromatic heterocycles. The molecular formula is C21H15FN4O2. The predicted molar refractivity (Wildman–Crippen MR) is 101 cm³/mol. The zero-order valence-electron chi connectivity index (χ0n) is 14.6. The lowest BCUT2D eigenvalue weighted by molar-refractivity contribution is 0.0945. The maximum Gasteiger partial charge on any atom is 0.274 e. The Bertz CT molecular complexity index is 1060. The van der Waals surface area contributed by atoms with Gasteiger partial charge in [-0.25, -0.2) is 9.37 Å². The molecule has 0 saturated heterocycles. The second-order valence-corrected chi connectivity index (χ2v) is 5.86. The predicted octanol–water partition coefficient (Wildman–Crippen LogP) is 3.27. The summed E-state index contributed by atoms with van der Waals surface area (Å²) in [6, 6.07) is 18.8. The smallest absolute Gasteiger partial charge is 0.274 e. The highest BCUT2D eigenvalue weighted by atomic mass is 19.1. The molecule has 6 nitrogen and oxygen atoms in total. The van der Waals surface area contributed by atoms with Crippen molar-refractivity contribution in [1.29, 1.82) is 5.26 Å². The zero-order chi connectivity index (χ0) is 19.9. The Morgan fingerprint density at radius 2 is 1.64 bits per heavy atom. The minimum atomic E-state index is -0.497. The standard InChI is InChI=1S/C21H15FN4O2/c22-16-9-7-14(8-10-16)13-24-20(27)18-5-2-6-19(26-18)21(28)25-17-4-1-3-15(11-17)12-23/h1-11H,13H2,(H,24,27)(H,25,28). The fraction of sp³-hybridized carbons (Fsp3) is 0.0476. The van der Waals surface area contributed by atoms with Crippen LogP contribution in [0.4, 0.5) is 10.1 Å². The second kappa shape index (κ2) is 8.56. The lowest BCUT2D eigenvalue weighted by atomic mass is 10.2. The molecule has 0 fully saturated rings. The summed E-state index contributed by atoms with van der Waals surface area (Å²) in [5.74, 6) is -1.30. The number of nitriles is 1. The van der Waals surface area contributed by atoms with Gasteiger partial charge in [-0.3, -0.25) is 9.59 Å². The number of nitrogens with zero attached hydrogens (tertiary/aromatic N) is 2. The molecule has 0 unspecified atom stereocenters. The number of nitrogens with one attached hydrogen (secondary N) is 2. The number of carbonyl (C=O) groups excluding carboxylic acids is 2. The topological polar surface area (TPSA) is 94.9 Å². The Morgan fingerprint density at radius 3 is 2.36 bits per heavy atom. The first-order valence-corrected chi connectivity index (χ1v) is 8.36. The number of pyridine rings is 1. The van der Waals surface area contributed by atoms with Gasteiger partial charge in [-0.05, 0) is 48.0 Å². The fourth-order valence-corrected chi connectivity index (χ4v) is 2.42. The maximum atomic E-state index is 12.9. The summed E-state index contributed by atoms with van der Waals surface area (Å²) >= 11 is 0. The molecule has 2 N–H and O–H groups in total. The molecule has 0 bridgehead atoms. The molecule has 0 aliphatic carbocycles. The van der Waals surface area contributed by atoms with Crippen molar-refractivity contribution in [3.8, 4) is 6.07 Å². The average molecular weight is 374 g/mol. The van der Waals surface area contributed by atoms with Crippen molar-refractivity contribution in [3.63, 3.8) is 0 Å². The molecule has 0 aliphatic heterocycles. The van der Waals surface area contributed by atoms with Gasteiger partial charge in [0, 0.05) is 12.2 Å².